The van der Waals surface area contributed by atoms with Crippen molar-refractivity contribution in [2.75, 3.05) is 20.3 Å². The van der Waals surface area contributed by atoms with Crippen LogP contribution in [0.5, 0.6) is 5.75 Å². The molecule has 0 heterocycles. The van der Waals surface area contributed by atoms with Crippen LogP contribution in [0.3, 0.4) is 0 Å². The van der Waals surface area contributed by atoms with Gasteiger partial charge in [-0.2, -0.15) is 0 Å². The Balaban J connectivity index is 2.83. The van der Waals surface area contributed by atoms with Crippen LogP contribution in [0.15, 0.2) is 18.2 Å². The Kier molecular flexibility index (Phi) is 5.85. The van der Waals surface area contributed by atoms with Gasteiger partial charge in [0.05, 0.1) is 11.5 Å². The topological polar surface area (TPSA) is 90.7 Å². The number of nitrogens with zero attached hydrogens (tertiary/aromatic N) is 1. The highest BCUT2D eigenvalue weighted by Gasteiger charge is 2.23. The zero-order valence-corrected chi connectivity index (χ0v) is 11.1. The van der Waals surface area contributed by atoms with Gasteiger partial charge in [0.15, 0.2) is 5.82 Å². The van der Waals surface area contributed by atoms with Crippen molar-refractivity contribution in [3.8, 4) is 5.75 Å². The minimum Gasteiger partial charge on any atom is -0.482 e. The molecule has 110 valence electrons. The van der Waals surface area contributed by atoms with E-state index in [2.05, 4.69) is 5.32 Å². The average Bonchev–Trinajstić information content (AvgIpc) is 2.40. The second-order valence-electron chi connectivity index (χ2n) is 3.75. The predicted octanol–water partition coefficient (Wildman–Crippen LogP) is 1.26. The molecule has 0 aromatic heterocycles. The largest absolute Gasteiger partial charge is 0.482 e. The second kappa shape index (κ2) is 7.39. The molecule has 20 heavy (non-hydrogen) atoms. The van der Waals surface area contributed by atoms with E-state index in [1.165, 1.54) is 13.1 Å². The van der Waals surface area contributed by atoms with Gasteiger partial charge in [0.1, 0.15) is 12.6 Å². The maximum atomic E-state index is 13.5. The molecule has 0 radical (unpaired) electrons. The van der Waals surface area contributed by atoms with Gasteiger partial charge >= 0.3 is 11.7 Å². The lowest BCUT2D eigenvalue weighted by Gasteiger charge is -2.15. The Bertz CT molecular complexity index is 495. The number of nitro benzene ring substituents is 1. The van der Waals surface area contributed by atoms with Gasteiger partial charge in [-0.3, -0.25) is 14.9 Å². The van der Waals surface area contributed by atoms with Crippen molar-refractivity contribution in [3.05, 3.63) is 34.1 Å². The number of hydrogen-bond acceptors (Lipinski definition) is 6. The van der Waals surface area contributed by atoms with Crippen molar-refractivity contribution in [2.45, 2.75) is 13.0 Å². The molecule has 1 atom stereocenters. The lowest BCUT2D eigenvalue weighted by Crippen LogP contribution is -2.40. The molecule has 7 nitrogen and oxygen atoms in total. The number of carbonyl (C=O) groups is 1. The molecule has 0 aliphatic heterocycles. The van der Waals surface area contributed by atoms with E-state index in [0.29, 0.717) is 0 Å². The summed E-state index contributed by atoms with van der Waals surface area (Å²) in [6.07, 6.45) is 0. The Morgan fingerprint density at radius 3 is 2.80 bits per heavy atom. The number of carbonyl (C=O) groups excluding carboxylic acids is 1. The molecule has 0 saturated heterocycles. The molecule has 0 aliphatic carbocycles. The molecule has 0 bridgehead atoms. The highest BCUT2D eigenvalue weighted by molar-refractivity contribution is 5.76. The van der Waals surface area contributed by atoms with Gasteiger partial charge in [0.2, 0.25) is 5.75 Å². The number of nitrogens with one attached hydrogen (secondary N) is 1. The first-order valence-corrected chi connectivity index (χ1v) is 5.90. The maximum absolute atomic E-state index is 13.5. The number of nitro groups is 1. The summed E-state index contributed by atoms with van der Waals surface area (Å²) in [4.78, 5) is 21.5. The molecule has 0 fully saturated rings. The summed E-state index contributed by atoms with van der Waals surface area (Å²) in [6, 6.07) is 2.54. The normalized spacial score (nSPS) is 11.8. The molecule has 1 N–H and O–H groups in total. The molecule has 8 heteroatoms. The summed E-state index contributed by atoms with van der Waals surface area (Å²) in [5.74, 6) is -1.94. The van der Waals surface area contributed by atoms with E-state index in [0.717, 1.165) is 12.1 Å². The molecule has 0 spiro atoms. The van der Waals surface area contributed by atoms with Gasteiger partial charge in [-0.05, 0) is 20.0 Å². The van der Waals surface area contributed by atoms with E-state index in [4.69, 9.17) is 9.47 Å². The number of ether oxygens (including phenoxy) is 2. The van der Waals surface area contributed by atoms with Crippen LogP contribution in [0.2, 0.25) is 0 Å². The van der Waals surface area contributed by atoms with Crippen molar-refractivity contribution in [1.82, 2.24) is 5.32 Å². The zero-order chi connectivity index (χ0) is 15.1. The van der Waals surface area contributed by atoms with Crippen LogP contribution >= 0.6 is 0 Å². The number of para-hydroxylation sites is 1. The van der Waals surface area contributed by atoms with E-state index in [9.17, 15) is 19.3 Å². The van der Waals surface area contributed by atoms with E-state index in [1.54, 1.807) is 6.92 Å². The highest BCUT2D eigenvalue weighted by atomic mass is 19.1. The van der Waals surface area contributed by atoms with E-state index >= 15 is 0 Å². The first-order chi connectivity index (χ1) is 9.51. The fourth-order valence-electron chi connectivity index (χ4n) is 1.46. The maximum Gasteiger partial charge on any atom is 0.326 e. The third-order valence-corrected chi connectivity index (χ3v) is 2.46. The van der Waals surface area contributed by atoms with Crippen LogP contribution in [0.25, 0.3) is 0 Å². The van der Waals surface area contributed by atoms with Crippen molar-refractivity contribution in [2.24, 2.45) is 0 Å². The molecule has 1 aromatic carbocycles. The third-order valence-electron chi connectivity index (χ3n) is 2.46. The minimum absolute atomic E-state index is 0.191. The minimum atomic E-state index is -0.863. The van der Waals surface area contributed by atoms with E-state index in [1.807, 2.05) is 0 Å². The summed E-state index contributed by atoms with van der Waals surface area (Å²) < 4.78 is 23.4. The van der Waals surface area contributed by atoms with E-state index in [-0.39, 0.29) is 13.2 Å². The monoisotopic (exact) mass is 286 g/mol. The lowest BCUT2D eigenvalue weighted by atomic mass is 10.2. The van der Waals surface area contributed by atoms with Crippen molar-refractivity contribution < 1.29 is 23.6 Å². The molecule has 1 unspecified atom stereocenters. The number of esters is 1. The summed E-state index contributed by atoms with van der Waals surface area (Å²) in [5, 5.41) is 13.4. The number of likely N-dealkylation sites (N-methyl/N-ethyl adjacent to an activating group) is 1. The van der Waals surface area contributed by atoms with Crippen molar-refractivity contribution in [1.29, 1.82) is 0 Å². The SMILES string of the molecule is CCOC(=O)C(COc1c(F)cccc1[N+](=O)[O-])NC. The molecule has 1 aromatic rings. The van der Waals surface area contributed by atoms with Crippen molar-refractivity contribution in [3.63, 3.8) is 0 Å². The van der Waals surface area contributed by atoms with E-state index < -0.39 is 34.2 Å². The number of hydrogen-bond donors (Lipinski definition) is 1. The molecule has 1 rings (SSSR count). The molecule has 0 amide bonds. The number of halogens is 1. The Morgan fingerprint density at radius 1 is 1.55 bits per heavy atom. The first-order valence-electron chi connectivity index (χ1n) is 5.90. The van der Waals surface area contributed by atoms with Crippen LogP contribution in [-0.4, -0.2) is 37.2 Å². The van der Waals surface area contributed by atoms with Crippen LogP contribution in [0.1, 0.15) is 6.92 Å². The second-order valence-corrected chi connectivity index (χ2v) is 3.75. The van der Waals surface area contributed by atoms with Gasteiger partial charge in [-0.15, -0.1) is 0 Å². The first kappa shape index (κ1) is 15.8. The predicted molar refractivity (Wildman–Crippen MR) is 68.0 cm³/mol. The van der Waals surface area contributed by atoms with Crippen LogP contribution < -0.4 is 10.1 Å². The molecule has 0 aliphatic rings. The Labute approximate surface area is 114 Å². The molecular weight excluding hydrogens is 271 g/mol. The summed E-state index contributed by atoms with van der Waals surface area (Å²) in [7, 11) is 1.50. The van der Waals surface area contributed by atoms with Crippen LogP contribution in [0.4, 0.5) is 10.1 Å². The smallest absolute Gasteiger partial charge is 0.326 e. The standard InChI is InChI=1S/C12H15FN2O5/c1-3-19-12(16)9(14-2)7-20-11-8(13)5-4-6-10(11)15(17)18/h4-6,9,14H,3,7H2,1-2H3. The van der Waals surface area contributed by atoms with Gasteiger partial charge in [-0.25, -0.2) is 4.39 Å². The Morgan fingerprint density at radius 2 is 2.25 bits per heavy atom. The van der Waals surface area contributed by atoms with Gasteiger partial charge in [0.25, 0.3) is 0 Å². The number of rotatable bonds is 7. The number of benzene rings is 1. The fraction of sp³-hybridized carbons (Fsp3) is 0.417. The van der Waals surface area contributed by atoms with Crippen LogP contribution in [0, 0.1) is 15.9 Å². The summed E-state index contributed by atoms with van der Waals surface area (Å²) in [6.45, 7) is 1.56. The summed E-state index contributed by atoms with van der Waals surface area (Å²) in [5.41, 5.74) is -0.497. The van der Waals surface area contributed by atoms with Crippen molar-refractivity contribution >= 4 is 11.7 Å². The fourth-order valence-corrected chi connectivity index (χ4v) is 1.46. The van der Waals surface area contributed by atoms with Gasteiger partial charge in [-0.1, -0.05) is 6.07 Å². The van der Waals surface area contributed by atoms with Gasteiger partial charge in [0, 0.05) is 6.07 Å². The average molecular weight is 286 g/mol. The highest BCUT2D eigenvalue weighted by Crippen LogP contribution is 2.29. The third kappa shape index (κ3) is 3.89. The summed E-state index contributed by atoms with van der Waals surface area (Å²) >= 11 is 0. The van der Waals surface area contributed by atoms with Crippen LogP contribution in [-0.2, 0) is 9.53 Å². The van der Waals surface area contributed by atoms with Gasteiger partial charge < -0.3 is 14.8 Å². The molecular formula is C12H15FN2O5. The quantitative estimate of drug-likeness (QED) is 0.461. The molecule has 0 saturated carbocycles. The zero-order valence-electron chi connectivity index (χ0n) is 11.1. The lowest BCUT2D eigenvalue weighted by molar-refractivity contribution is -0.386. The Hall–Kier alpha value is -2.22.